The monoisotopic (exact) mass is 270 g/mol. The number of Topliss-reactive ketones (excluding diaryl/α,β-unsaturated/α-hetero) is 2. The van der Waals surface area contributed by atoms with Gasteiger partial charge < -0.3 is 0 Å². The van der Waals surface area contributed by atoms with Gasteiger partial charge in [-0.3, -0.25) is 14.3 Å². The summed E-state index contributed by atoms with van der Waals surface area (Å²) in [5.41, 5.74) is 2.08. The minimum absolute atomic E-state index is 0.141. The molecule has 1 heterocycles. The first-order chi connectivity index (χ1) is 9.47. The Morgan fingerprint density at radius 1 is 1.10 bits per heavy atom. The Labute approximate surface area is 118 Å². The summed E-state index contributed by atoms with van der Waals surface area (Å²) in [6.07, 6.45) is 1.55. The molecule has 0 aliphatic heterocycles. The van der Waals surface area contributed by atoms with Crippen molar-refractivity contribution in [3.63, 3.8) is 0 Å². The Balaban J connectivity index is 2.06. The largest absolute Gasteiger partial charge is 0.294 e. The summed E-state index contributed by atoms with van der Waals surface area (Å²) < 4.78 is 1.55. The Hall–Kier alpha value is -2.23. The van der Waals surface area contributed by atoms with Crippen LogP contribution in [0.4, 0.5) is 0 Å². The van der Waals surface area contributed by atoms with Crippen LogP contribution in [0.3, 0.4) is 0 Å². The van der Waals surface area contributed by atoms with Gasteiger partial charge >= 0.3 is 0 Å². The number of aryl methyl sites for hydroxylation is 1. The molecule has 104 valence electrons. The van der Waals surface area contributed by atoms with E-state index in [0.29, 0.717) is 17.2 Å². The highest BCUT2D eigenvalue weighted by Gasteiger charge is 2.15. The van der Waals surface area contributed by atoms with Crippen LogP contribution in [0, 0.1) is 0 Å². The van der Waals surface area contributed by atoms with E-state index >= 15 is 0 Å². The average molecular weight is 270 g/mol. The van der Waals surface area contributed by atoms with E-state index in [1.807, 2.05) is 12.1 Å². The van der Waals surface area contributed by atoms with Crippen LogP contribution in [0.2, 0.25) is 0 Å². The van der Waals surface area contributed by atoms with Crippen LogP contribution >= 0.6 is 0 Å². The van der Waals surface area contributed by atoms with E-state index in [4.69, 9.17) is 0 Å². The molecule has 1 aromatic carbocycles. The highest BCUT2D eigenvalue weighted by molar-refractivity contribution is 6.12. The molecule has 2 aromatic rings. The van der Waals surface area contributed by atoms with Crippen LogP contribution in [-0.4, -0.2) is 21.3 Å². The van der Waals surface area contributed by atoms with E-state index in [2.05, 4.69) is 18.9 Å². The predicted octanol–water partition coefficient (Wildman–Crippen LogP) is 3.00. The first-order valence-electron chi connectivity index (χ1n) is 6.63. The fourth-order valence-corrected chi connectivity index (χ4v) is 1.96. The maximum absolute atomic E-state index is 12.1. The maximum Gasteiger partial charge on any atom is 0.190 e. The second kappa shape index (κ2) is 5.82. The number of carbonyl (C=O) groups is 2. The molecule has 0 aliphatic carbocycles. The Bertz CT molecular complexity index is 624. The van der Waals surface area contributed by atoms with Gasteiger partial charge in [-0.15, -0.1) is 0 Å². The van der Waals surface area contributed by atoms with Crippen molar-refractivity contribution in [1.29, 1.82) is 0 Å². The topological polar surface area (TPSA) is 52.0 Å². The van der Waals surface area contributed by atoms with Gasteiger partial charge in [-0.1, -0.05) is 38.1 Å². The molecule has 0 atom stereocenters. The maximum atomic E-state index is 12.1. The van der Waals surface area contributed by atoms with Gasteiger partial charge in [-0.2, -0.15) is 5.10 Å². The molecule has 0 radical (unpaired) electrons. The SMILES string of the molecule is CC(C)c1ccc(C(=O)CC(=O)c2ccn(C)n2)cc1. The molecular weight excluding hydrogens is 252 g/mol. The number of rotatable bonds is 5. The summed E-state index contributed by atoms with van der Waals surface area (Å²) in [6, 6.07) is 9.05. The predicted molar refractivity (Wildman–Crippen MR) is 77.0 cm³/mol. The van der Waals surface area contributed by atoms with Crippen molar-refractivity contribution in [2.45, 2.75) is 26.2 Å². The van der Waals surface area contributed by atoms with Gasteiger partial charge in [-0.05, 0) is 17.5 Å². The molecule has 20 heavy (non-hydrogen) atoms. The fourth-order valence-electron chi connectivity index (χ4n) is 1.96. The smallest absolute Gasteiger partial charge is 0.190 e. The van der Waals surface area contributed by atoms with Crippen LogP contribution in [0.25, 0.3) is 0 Å². The minimum Gasteiger partial charge on any atom is -0.294 e. The first-order valence-corrected chi connectivity index (χ1v) is 6.63. The third kappa shape index (κ3) is 3.20. The van der Waals surface area contributed by atoms with Gasteiger partial charge in [-0.25, -0.2) is 0 Å². The van der Waals surface area contributed by atoms with Gasteiger partial charge in [0.2, 0.25) is 0 Å². The zero-order valence-electron chi connectivity index (χ0n) is 12.0. The van der Waals surface area contributed by atoms with Crippen molar-refractivity contribution in [3.05, 3.63) is 53.3 Å². The van der Waals surface area contributed by atoms with E-state index in [0.717, 1.165) is 0 Å². The molecular formula is C16H18N2O2. The summed E-state index contributed by atoms with van der Waals surface area (Å²) in [4.78, 5) is 24.0. The summed E-state index contributed by atoms with van der Waals surface area (Å²) in [5.74, 6) is 0.00815. The van der Waals surface area contributed by atoms with Crippen molar-refractivity contribution in [1.82, 2.24) is 9.78 Å². The molecule has 0 unspecified atom stereocenters. The molecule has 0 fully saturated rings. The fraction of sp³-hybridized carbons (Fsp3) is 0.312. The second-order valence-electron chi connectivity index (χ2n) is 5.17. The molecule has 0 spiro atoms. The number of aromatic nitrogens is 2. The summed E-state index contributed by atoms with van der Waals surface area (Å²) in [7, 11) is 1.74. The Morgan fingerprint density at radius 3 is 2.25 bits per heavy atom. The molecule has 0 bridgehead atoms. The number of hydrogen-bond donors (Lipinski definition) is 0. The first kappa shape index (κ1) is 14.2. The third-order valence-corrected chi connectivity index (χ3v) is 3.22. The molecule has 4 nitrogen and oxygen atoms in total. The number of carbonyl (C=O) groups excluding carboxylic acids is 2. The third-order valence-electron chi connectivity index (χ3n) is 3.22. The zero-order valence-corrected chi connectivity index (χ0v) is 12.0. The van der Waals surface area contributed by atoms with Gasteiger partial charge in [0.05, 0.1) is 6.42 Å². The van der Waals surface area contributed by atoms with Gasteiger partial charge in [0.15, 0.2) is 11.6 Å². The van der Waals surface area contributed by atoms with E-state index in [1.54, 1.807) is 36.1 Å². The number of hydrogen-bond acceptors (Lipinski definition) is 3. The highest BCUT2D eigenvalue weighted by atomic mass is 16.1. The molecule has 1 aromatic heterocycles. The Kier molecular flexibility index (Phi) is 4.13. The molecule has 0 saturated heterocycles. The van der Waals surface area contributed by atoms with E-state index in [1.165, 1.54) is 5.56 Å². The molecule has 0 aliphatic rings. The van der Waals surface area contributed by atoms with Crippen molar-refractivity contribution < 1.29 is 9.59 Å². The van der Waals surface area contributed by atoms with E-state index in [-0.39, 0.29) is 18.0 Å². The molecule has 0 saturated carbocycles. The molecule has 2 rings (SSSR count). The Morgan fingerprint density at radius 2 is 1.75 bits per heavy atom. The summed E-state index contributed by atoms with van der Waals surface area (Å²) in [6.45, 7) is 4.20. The number of nitrogens with zero attached hydrogens (tertiary/aromatic N) is 2. The van der Waals surface area contributed by atoms with Crippen LogP contribution in [0.15, 0.2) is 36.5 Å². The minimum atomic E-state index is -0.247. The van der Waals surface area contributed by atoms with Crippen LogP contribution < -0.4 is 0 Å². The normalized spacial score (nSPS) is 10.8. The average Bonchev–Trinajstić information content (AvgIpc) is 2.85. The summed E-state index contributed by atoms with van der Waals surface area (Å²) in [5, 5.41) is 4.01. The van der Waals surface area contributed by atoms with Crippen LogP contribution in [-0.2, 0) is 7.05 Å². The number of benzene rings is 1. The van der Waals surface area contributed by atoms with Crippen molar-refractivity contribution in [3.8, 4) is 0 Å². The van der Waals surface area contributed by atoms with Gasteiger partial charge in [0.1, 0.15) is 5.69 Å². The van der Waals surface area contributed by atoms with Gasteiger partial charge in [0.25, 0.3) is 0 Å². The van der Waals surface area contributed by atoms with Crippen LogP contribution in [0.1, 0.15) is 52.6 Å². The lowest BCUT2D eigenvalue weighted by Crippen LogP contribution is -2.09. The van der Waals surface area contributed by atoms with Crippen molar-refractivity contribution in [2.24, 2.45) is 7.05 Å². The molecule has 4 heteroatoms. The molecule has 0 amide bonds. The zero-order chi connectivity index (χ0) is 14.7. The number of ketones is 2. The molecule has 0 N–H and O–H groups in total. The second-order valence-corrected chi connectivity index (χ2v) is 5.17. The quantitative estimate of drug-likeness (QED) is 0.620. The standard InChI is InChI=1S/C16H18N2O2/c1-11(2)12-4-6-13(7-5-12)15(19)10-16(20)14-8-9-18(3)17-14/h4-9,11H,10H2,1-3H3. The highest BCUT2D eigenvalue weighted by Crippen LogP contribution is 2.16. The lowest BCUT2D eigenvalue weighted by Gasteiger charge is -2.06. The summed E-state index contributed by atoms with van der Waals surface area (Å²) >= 11 is 0. The van der Waals surface area contributed by atoms with Gasteiger partial charge in [0, 0.05) is 18.8 Å². The van der Waals surface area contributed by atoms with Crippen molar-refractivity contribution >= 4 is 11.6 Å². The van der Waals surface area contributed by atoms with E-state index < -0.39 is 0 Å². The lowest BCUT2D eigenvalue weighted by atomic mass is 9.99. The van der Waals surface area contributed by atoms with E-state index in [9.17, 15) is 9.59 Å². The van der Waals surface area contributed by atoms with Crippen molar-refractivity contribution in [2.75, 3.05) is 0 Å². The van der Waals surface area contributed by atoms with Crippen LogP contribution in [0.5, 0.6) is 0 Å². The lowest BCUT2D eigenvalue weighted by molar-refractivity contribution is 0.0891.